The number of nitrogens with one attached hydrogen (secondary N) is 1. The number of halogens is 4. The van der Waals surface area contributed by atoms with Crippen molar-refractivity contribution in [2.24, 2.45) is 5.73 Å². The van der Waals surface area contributed by atoms with E-state index < -0.39 is 0 Å². The van der Waals surface area contributed by atoms with Gasteiger partial charge in [-0.3, -0.25) is 0 Å². The number of piperidine rings is 1. The number of benzene rings is 1. The van der Waals surface area contributed by atoms with Crippen molar-refractivity contribution in [3.8, 4) is 0 Å². The van der Waals surface area contributed by atoms with Gasteiger partial charge in [-0.05, 0) is 25.0 Å². The van der Waals surface area contributed by atoms with E-state index in [9.17, 15) is 5.11 Å². The Balaban J connectivity index is -0.00000150. The molecule has 3 aromatic rings. The maximum Gasteiger partial charge on any atom is 0.220 e. The first-order chi connectivity index (χ1) is 13.3. The molecule has 0 aliphatic carbocycles. The molecule has 0 radical (unpaired) electrons. The van der Waals surface area contributed by atoms with Crippen LogP contribution in [0.4, 0.5) is 5.95 Å². The van der Waals surface area contributed by atoms with Crippen LogP contribution in [0.5, 0.6) is 0 Å². The number of nitrogens with two attached hydrogens (primary N) is 1. The minimum Gasteiger partial charge on any atom is -0.441 e. The first-order valence-electron chi connectivity index (χ1n) is 9.45. The first kappa shape index (κ1) is 36.2. The number of para-hydroxylation sites is 2. The number of anilines is 1. The zero-order valence-corrected chi connectivity index (χ0v) is 21.2. The van der Waals surface area contributed by atoms with Crippen LogP contribution in [0.15, 0.2) is 34.9 Å². The molecule has 14 heteroatoms. The molecule has 1 fully saturated rings. The molecule has 2 aromatic heterocycles. The maximum absolute atomic E-state index is 9.18. The lowest BCUT2D eigenvalue weighted by Crippen LogP contribution is -2.41. The van der Waals surface area contributed by atoms with Gasteiger partial charge in [0.2, 0.25) is 11.8 Å². The molecular weight excluding hydrogens is 518 g/mol. The Hall–Kier alpha value is -1.34. The number of oxazole rings is 1. The fraction of sp³-hybridized carbons (Fsp3) is 0.474. The molecule has 4 rings (SSSR count). The van der Waals surface area contributed by atoms with Crippen LogP contribution in [0.25, 0.3) is 11.0 Å². The van der Waals surface area contributed by atoms with Crippen molar-refractivity contribution >= 4 is 66.6 Å². The third-order valence-corrected chi connectivity index (χ3v) is 5.07. The zero-order valence-electron chi connectivity index (χ0n) is 18.0. The SMILES string of the molecule is Cl.Cl.Cl.Cl.NCCN1CCC(Nc2nc3ccccc3n2Cc2cnc(CO)o2)CC1.O.O. The molecule has 0 spiro atoms. The normalized spacial score (nSPS) is 13.3. The van der Waals surface area contributed by atoms with Gasteiger partial charge in [0.05, 0.1) is 23.8 Å². The summed E-state index contributed by atoms with van der Waals surface area (Å²) in [5, 5.41) is 12.8. The van der Waals surface area contributed by atoms with Crippen molar-refractivity contribution in [3.63, 3.8) is 0 Å². The molecule has 8 N–H and O–H groups in total. The molecule has 1 aliphatic rings. The highest BCUT2D eigenvalue weighted by Gasteiger charge is 2.21. The number of rotatable bonds is 7. The Bertz CT molecular complexity index is 905. The van der Waals surface area contributed by atoms with E-state index in [2.05, 4.69) is 25.8 Å². The first-order valence-corrected chi connectivity index (χ1v) is 9.45. The Morgan fingerprint density at radius 3 is 2.36 bits per heavy atom. The van der Waals surface area contributed by atoms with Gasteiger partial charge in [0.15, 0.2) is 0 Å². The number of aliphatic hydroxyl groups is 1. The molecule has 0 saturated carbocycles. The Kier molecular flexibility index (Phi) is 18.8. The van der Waals surface area contributed by atoms with E-state index in [0.717, 1.165) is 49.5 Å². The molecule has 0 atom stereocenters. The number of likely N-dealkylation sites (tertiary alicyclic amines) is 1. The van der Waals surface area contributed by atoms with Crippen LogP contribution in [0.3, 0.4) is 0 Å². The van der Waals surface area contributed by atoms with Crippen molar-refractivity contribution in [3.05, 3.63) is 42.1 Å². The molecule has 33 heavy (non-hydrogen) atoms. The standard InChI is InChI=1S/C19H26N6O2.4ClH.2H2O/c20-7-10-24-8-5-14(6-9-24)22-19-23-16-3-1-2-4-17(16)25(19)12-15-11-21-18(13-26)27-15;;;;;;/h1-4,11,14,26H,5-10,12-13,20H2,(H,22,23);4*1H;2*1H2. The second-order valence-electron chi connectivity index (χ2n) is 6.94. The highest BCUT2D eigenvalue weighted by atomic mass is 35.5. The minimum absolute atomic E-state index is 0. The number of hydrogen-bond acceptors (Lipinski definition) is 7. The lowest BCUT2D eigenvalue weighted by Gasteiger charge is -2.32. The minimum atomic E-state index is -0.197. The summed E-state index contributed by atoms with van der Waals surface area (Å²) in [4.78, 5) is 11.3. The summed E-state index contributed by atoms with van der Waals surface area (Å²) in [5.41, 5.74) is 7.66. The summed E-state index contributed by atoms with van der Waals surface area (Å²) >= 11 is 0. The van der Waals surface area contributed by atoms with Crippen molar-refractivity contribution < 1.29 is 20.5 Å². The van der Waals surface area contributed by atoms with E-state index >= 15 is 0 Å². The van der Waals surface area contributed by atoms with Crippen molar-refractivity contribution in [1.29, 1.82) is 0 Å². The number of aromatic nitrogens is 3. The van der Waals surface area contributed by atoms with Crippen LogP contribution >= 0.6 is 49.6 Å². The van der Waals surface area contributed by atoms with E-state index in [1.807, 2.05) is 18.2 Å². The van der Waals surface area contributed by atoms with E-state index in [-0.39, 0.29) is 67.2 Å². The van der Waals surface area contributed by atoms with Gasteiger partial charge < -0.3 is 41.0 Å². The highest BCUT2D eigenvalue weighted by molar-refractivity contribution is 5.86. The molecule has 1 aliphatic heterocycles. The van der Waals surface area contributed by atoms with Crippen LogP contribution in [-0.2, 0) is 13.2 Å². The number of hydrogen-bond donors (Lipinski definition) is 3. The molecule has 0 unspecified atom stereocenters. The Morgan fingerprint density at radius 1 is 1.09 bits per heavy atom. The van der Waals surface area contributed by atoms with Gasteiger partial charge in [-0.1, -0.05) is 12.1 Å². The van der Waals surface area contributed by atoms with Crippen molar-refractivity contribution in [2.45, 2.75) is 32.0 Å². The van der Waals surface area contributed by atoms with Crippen molar-refractivity contribution in [2.75, 3.05) is 31.5 Å². The van der Waals surface area contributed by atoms with Gasteiger partial charge in [0, 0.05) is 32.2 Å². The predicted octanol–water partition coefficient (Wildman–Crippen LogP) is 1.44. The number of fused-ring (bicyclic) bond motifs is 1. The summed E-state index contributed by atoms with van der Waals surface area (Å²) in [7, 11) is 0. The summed E-state index contributed by atoms with van der Waals surface area (Å²) in [5.74, 6) is 1.87. The lowest BCUT2D eigenvalue weighted by atomic mass is 10.1. The number of nitrogens with zero attached hydrogens (tertiary/aromatic N) is 4. The van der Waals surface area contributed by atoms with Gasteiger partial charge in [-0.2, -0.15) is 0 Å². The fourth-order valence-corrected chi connectivity index (χ4v) is 3.66. The predicted molar refractivity (Wildman–Crippen MR) is 140 cm³/mol. The van der Waals surface area contributed by atoms with E-state index in [0.29, 0.717) is 30.8 Å². The summed E-state index contributed by atoms with van der Waals surface area (Å²) in [6, 6.07) is 8.46. The smallest absolute Gasteiger partial charge is 0.220 e. The molecule has 1 aromatic carbocycles. The molecule has 0 bridgehead atoms. The number of imidazole rings is 1. The van der Waals surface area contributed by atoms with Crippen LogP contribution < -0.4 is 11.1 Å². The van der Waals surface area contributed by atoms with E-state index in [1.165, 1.54) is 0 Å². The molecule has 0 amide bonds. The van der Waals surface area contributed by atoms with Crippen molar-refractivity contribution in [1.82, 2.24) is 19.4 Å². The second kappa shape index (κ2) is 17.1. The highest BCUT2D eigenvalue weighted by Crippen LogP contribution is 2.24. The average molecular weight is 552 g/mol. The average Bonchev–Trinajstić information content (AvgIpc) is 3.29. The van der Waals surface area contributed by atoms with E-state index in [1.54, 1.807) is 6.20 Å². The van der Waals surface area contributed by atoms with Gasteiger partial charge in [0.1, 0.15) is 12.4 Å². The Morgan fingerprint density at radius 2 is 1.76 bits per heavy atom. The monoisotopic (exact) mass is 550 g/mol. The largest absolute Gasteiger partial charge is 0.441 e. The summed E-state index contributed by atoms with van der Waals surface area (Å²) in [6.45, 7) is 4.10. The quantitative estimate of drug-likeness (QED) is 0.399. The molecule has 192 valence electrons. The van der Waals surface area contributed by atoms with Gasteiger partial charge in [0.25, 0.3) is 0 Å². The van der Waals surface area contributed by atoms with E-state index in [4.69, 9.17) is 15.1 Å². The van der Waals surface area contributed by atoms with Crippen LogP contribution in [0.1, 0.15) is 24.5 Å². The topological polar surface area (TPSA) is 168 Å². The van der Waals surface area contributed by atoms with Gasteiger partial charge in [-0.15, -0.1) is 49.6 Å². The molecule has 3 heterocycles. The zero-order chi connectivity index (χ0) is 18.6. The molecule has 1 saturated heterocycles. The number of aliphatic hydroxyl groups excluding tert-OH is 1. The second-order valence-corrected chi connectivity index (χ2v) is 6.94. The van der Waals surface area contributed by atoms with Crippen LogP contribution in [0, 0.1) is 0 Å². The maximum atomic E-state index is 9.18. The third-order valence-electron chi connectivity index (χ3n) is 5.07. The third kappa shape index (κ3) is 8.75. The Labute approximate surface area is 217 Å². The lowest BCUT2D eigenvalue weighted by molar-refractivity contribution is 0.224. The fourth-order valence-electron chi connectivity index (χ4n) is 3.66. The molecular formula is C19H34Cl4N6O4. The molecule has 10 nitrogen and oxygen atoms in total. The van der Waals surface area contributed by atoms with Crippen LogP contribution in [0.2, 0.25) is 0 Å². The van der Waals surface area contributed by atoms with Crippen LogP contribution in [-0.4, -0.2) is 67.7 Å². The van der Waals surface area contributed by atoms with Gasteiger partial charge in [-0.25, -0.2) is 9.97 Å². The summed E-state index contributed by atoms with van der Waals surface area (Å²) in [6.07, 6.45) is 3.80. The summed E-state index contributed by atoms with van der Waals surface area (Å²) < 4.78 is 7.70. The van der Waals surface area contributed by atoms with Gasteiger partial charge >= 0.3 is 0 Å².